The van der Waals surface area contributed by atoms with E-state index < -0.39 is 0 Å². The lowest BCUT2D eigenvalue weighted by atomic mass is 10.1. The minimum atomic E-state index is 0.0320. The number of carbonyl (C=O) groups excluding carboxylic acids is 1. The quantitative estimate of drug-likeness (QED) is 0.423. The maximum absolute atomic E-state index is 13.7. The lowest BCUT2D eigenvalue weighted by molar-refractivity contribution is 0.0737. The number of carbonyl (C=O) groups is 1. The van der Waals surface area contributed by atoms with Gasteiger partial charge in [-0.05, 0) is 35.9 Å². The van der Waals surface area contributed by atoms with E-state index in [1.165, 1.54) is 19.3 Å². The Morgan fingerprint density at radius 2 is 1.71 bits per heavy atom. The Kier molecular flexibility index (Phi) is 5.80. The van der Waals surface area contributed by atoms with E-state index in [4.69, 9.17) is 5.10 Å². The van der Waals surface area contributed by atoms with Gasteiger partial charge in [0.05, 0.1) is 11.9 Å². The summed E-state index contributed by atoms with van der Waals surface area (Å²) >= 11 is 1.68. The van der Waals surface area contributed by atoms with Crippen molar-refractivity contribution in [3.8, 4) is 10.4 Å². The van der Waals surface area contributed by atoms with Crippen LogP contribution in [-0.2, 0) is 6.54 Å². The number of rotatable bonds is 4. The van der Waals surface area contributed by atoms with Crippen LogP contribution in [0.2, 0.25) is 0 Å². The Morgan fingerprint density at radius 3 is 2.45 bits per heavy atom. The molecule has 5 rings (SSSR count). The molecule has 0 unspecified atom stereocenters. The number of aromatic nitrogens is 3. The van der Waals surface area contributed by atoms with E-state index in [9.17, 15) is 4.79 Å². The van der Waals surface area contributed by atoms with Gasteiger partial charge in [0, 0.05) is 29.7 Å². The van der Waals surface area contributed by atoms with Gasteiger partial charge in [0.2, 0.25) is 0 Å². The van der Waals surface area contributed by atoms with E-state index in [2.05, 4.69) is 28.6 Å². The molecule has 4 aromatic rings. The minimum Gasteiger partial charge on any atom is -0.337 e. The standard InChI is InChI=1S/C25H26N4OS/c30-25(28-15-7-2-1-3-8-16-28)23-22-20(21-12-9-17-31-21)13-14-26-24(22)29(27-23)18-19-10-5-4-6-11-19/h4-6,9-14,17H,1-3,7-8,15-16,18H2. The highest BCUT2D eigenvalue weighted by molar-refractivity contribution is 7.13. The van der Waals surface area contributed by atoms with E-state index in [1.807, 2.05) is 46.1 Å². The van der Waals surface area contributed by atoms with Crippen LogP contribution in [0, 0.1) is 0 Å². The van der Waals surface area contributed by atoms with Crippen LogP contribution in [0.15, 0.2) is 60.1 Å². The van der Waals surface area contributed by atoms with Gasteiger partial charge in [-0.15, -0.1) is 11.3 Å². The van der Waals surface area contributed by atoms with E-state index in [1.54, 1.807) is 11.3 Å². The van der Waals surface area contributed by atoms with Crippen molar-refractivity contribution in [1.82, 2.24) is 19.7 Å². The van der Waals surface area contributed by atoms with Crippen LogP contribution in [0.25, 0.3) is 21.5 Å². The number of thiophene rings is 1. The molecule has 0 radical (unpaired) electrons. The fourth-order valence-corrected chi connectivity index (χ4v) is 5.11. The summed E-state index contributed by atoms with van der Waals surface area (Å²) < 4.78 is 1.89. The number of pyridine rings is 1. The topological polar surface area (TPSA) is 51.0 Å². The molecule has 6 heteroatoms. The van der Waals surface area contributed by atoms with Crippen LogP contribution >= 0.6 is 11.3 Å². The van der Waals surface area contributed by atoms with Gasteiger partial charge in [0.25, 0.3) is 5.91 Å². The van der Waals surface area contributed by atoms with Crippen LogP contribution in [0.1, 0.15) is 48.2 Å². The van der Waals surface area contributed by atoms with Crippen LogP contribution in [-0.4, -0.2) is 38.7 Å². The van der Waals surface area contributed by atoms with Crippen molar-refractivity contribution >= 4 is 28.3 Å². The lowest BCUT2D eigenvalue weighted by Crippen LogP contribution is -2.34. The van der Waals surface area contributed by atoms with Crippen molar-refractivity contribution in [3.63, 3.8) is 0 Å². The Balaban J connectivity index is 1.62. The van der Waals surface area contributed by atoms with Gasteiger partial charge in [-0.25, -0.2) is 9.67 Å². The molecule has 31 heavy (non-hydrogen) atoms. The summed E-state index contributed by atoms with van der Waals surface area (Å²) in [5, 5.41) is 7.79. The molecule has 0 atom stereocenters. The zero-order valence-electron chi connectivity index (χ0n) is 17.5. The first-order chi connectivity index (χ1) is 15.3. The Hall–Kier alpha value is -2.99. The third-order valence-electron chi connectivity index (χ3n) is 5.94. The van der Waals surface area contributed by atoms with Crippen LogP contribution in [0.5, 0.6) is 0 Å². The highest BCUT2D eigenvalue weighted by Crippen LogP contribution is 2.34. The van der Waals surface area contributed by atoms with E-state index in [0.717, 1.165) is 53.0 Å². The van der Waals surface area contributed by atoms with Crippen LogP contribution < -0.4 is 0 Å². The number of amides is 1. The fraction of sp³-hybridized carbons (Fsp3) is 0.320. The second-order valence-corrected chi connectivity index (χ2v) is 9.03. The van der Waals surface area contributed by atoms with Crippen LogP contribution in [0.4, 0.5) is 0 Å². The summed E-state index contributed by atoms with van der Waals surface area (Å²) in [5.41, 5.74) is 3.48. The molecule has 0 aliphatic carbocycles. The smallest absolute Gasteiger partial charge is 0.275 e. The van der Waals surface area contributed by atoms with Gasteiger partial charge in [0.15, 0.2) is 11.3 Å². The minimum absolute atomic E-state index is 0.0320. The Labute approximate surface area is 186 Å². The highest BCUT2D eigenvalue weighted by Gasteiger charge is 2.26. The molecule has 1 fully saturated rings. The highest BCUT2D eigenvalue weighted by atomic mass is 32.1. The molecule has 0 bridgehead atoms. The summed E-state index contributed by atoms with van der Waals surface area (Å²) in [6.45, 7) is 2.20. The first kappa shape index (κ1) is 19.9. The fourth-order valence-electron chi connectivity index (χ4n) is 4.35. The van der Waals surface area contributed by atoms with E-state index in [0.29, 0.717) is 12.2 Å². The first-order valence-corrected chi connectivity index (χ1v) is 11.9. The van der Waals surface area contributed by atoms with Gasteiger partial charge in [-0.1, -0.05) is 55.7 Å². The van der Waals surface area contributed by atoms with Crippen molar-refractivity contribution in [1.29, 1.82) is 0 Å². The first-order valence-electron chi connectivity index (χ1n) is 11.0. The molecule has 158 valence electrons. The number of benzene rings is 1. The molecular weight excluding hydrogens is 404 g/mol. The molecular formula is C25H26N4OS. The summed E-state index contributed by atoms with van der Waals surface area (Å²) in [6, 6.07) is 16.4. The van der Waals surface area contributed by atoms with Gasteiger partial charge < -0.3 is 4.90 Å². The zero-order valence-corrected chi connectivity index (χ0v) is 18.4. The molecule has 1 aliphatic heterocycles. The largest absolute Gasteiger partial charge is 0.337 e. The SMILES string of the molecule is O=C(c1nn(Cc2ccccc2)c2nccc(-c3cccs3)c12)N1CCCCCCC1. The normalized spacial score (nSPS) is 15.0. The molecule has 4 heterocycles. The maximum Gasteiger partial charge on any atom is 0.275 e. The zero-order chi connectivity index (χ0) is 21.0. The molecule has 1 aromatic carbocycles. The summed E-state index contributed by atoms with van der Waals surface area (Å²) in [6.07, 6.45) is 7.59. The molecule has 0 N–H and O–H groups in total. The monoisotopic (exact) mass is 430 g/mol. The third kappa shape index (κ3) is 4.12. The van der Waals surface area contributed by atoms with Crippen LogP contribution in [0.3, 0.4) is 0 Å². The summed E-state index contributed by atoms with van der Waals surface area (Å²) in [7, 11) is 0. The summed E-state index contributed by atoms with van der Waals surface area (Å²) in [4.78, 5) is 21.5. The molecule has 0 spiro atoms. The van der Waals surface area contributed by atoms with Crippen molar-refractivity contribution in [2.24, 2.45) is 0 Å². The third-order valence-corrected chi connectivity index (χ3v) is 6.84. The Morgan fingerprint density at radius 1 is 0.935 bits per heavy atom. The van der Waals surface area contributed by atoms with Crippen molar-refractivity contribution < 1.29 is 4.79 Å². The molecule has 3 aromatic heterocycles. The number of likely N-dealkylation sites (tertiary alicyclic amines) is 1. The van der Waals surface area contributed by atoms with E-state index in [-0.39, 0.29) is 5.91 Å². The number of nitrogens with zero attached hydrogens (tertiary/aromatic N) is 4. The van der Waals surface area contributed by atoms with Gasteiger partial charge >= 0.3 is 0 Å². The predicted octanol–water partition coefficient (Wildman–Crippen LogP) is 5.61. The second-order valence-electron chi connectivity index (χ2n) is 8.09. The van der Waals surface area contributed by atoms with Gasteiger partial charge in [-0.3, -0.25) is 4.79 Å². The van der Waals surface area contributed by atoms with E-state index >= 15 is 0 Å². The van der Waals surface area contributed by atoms with Gasteiger partial charge in [0.1, 0.15) is 0 Å². The van der Waals surface area contributed by atoms with Crippen molar-refractivity contribution in [2.45, 2.75) is 38.6 Å². The molecule has 1 saturated heterocycles. The number of fused-ring (bicyclic) bond motifs is 1. The number of hydrogen-bond acceptors (Lipinski definition) is 4. The number of hydrogen-bond donors (Lipinski definition) is 0. The van der Waals surface area contributed by atoms with Gasteiger partial charge in [-0.2, -0.15) is 5.10 Å². The summed E-state index contributed by atoms with van der Waals surface area (Å²) in [5.74, 6) is 0.0320. The maximum atomic E-state index is 13.7. The molecule has 1 aliphatic rings. The Bertz CT molecular complexity index is 1160. The molecule has 1 amide bonds. The second kappa shape index (κ2) is 9.02. The lowest BCUT2D eigenvalue weighted by Gasteiger charge is -2.24. The molecule has 0 saturated carbocycles. The van der Waals surface area contributed by atoms with Crippen molar-refractivity contribution in [3.05, 3.63) is 71.4 Å². The average Bonchev–Trinajstić information content (AvgIpc) is 3.43. The molecule has 5 nitrogen and oxygen atoms in total. The van der Waals surface area contributed by atoms with Crippen molar-refractivity contribution in [2.75, 3.05) is 13.1 Å². The average molecular weight is 431 g/mol. The predicted molar refractivity (Wildman–Crippen MR) is 125 cm³/mol.